The SMILES string of the molecule is Nc1ncnc2c3c(ncc12)NCC3. The molecule has 1 aliphatic heterocycles. The number of aromatic nitrogens is 3. The van der Waals surface area contributed by atoms with Crippen LogP contribution in [0.5, 0.6) is 0 Å². The Morgan fingerprint density at radius 2 is 2.21 bits per heavy atom. The number of nitrogens with one attached hydrogen (secondary N) is 1. The van der Waals surface area contributed by atoms with E-state index in [-0.39, 0.29) is 0 Å². The third-order valence-electron chi connectivity index (χ3n) is 2.48. The van der Waals surface area contributed by atoms with Crippen LogP contribution in [-0.4, -0.2) is 21.5 Å². The summed E-state index contributed by atoms with van der Waals surface area (Å²) >= 11 is 0. The van der Waals surface area contributed by atoms with Gasteiger partial charge in [0, 0.05) is 18.3 Å². The number of pyridine rings is 1. The number of rotatable bonds is 0. The number of fused-ring (bicyclic) bond motifs is 3. The molecule has 1 aliphatic rings. The van der Waals surface area contributed by atoms with Crippen LogP contribution in [-0.2, 0) is 6.42 Å². The van der Waals surface area contributed by atoms with E-state index < -0.39 is 0 Å². The van der Waals surface area contributed by atoms with Gasteiger partial charge in [-0.1, -0.05) is 0 Å². The van der Waals surface area contributed by atoms with Crippen molar-refractivity contribution in [2.75, 3.05) is 17.6 Å². The Labute approximate surface area is 80.4 Å². The Balaban J connectivity index is 2.44. The van der Waals surface area contributed by atoms with Gasteiger partial charge in [0.2, 0.25) is 0 Å². The molecule has 70 valence electrons. The first kappa shape index (κ1) is 7.49. The molecule has 0 bridgehead atoms. The summed E-state index contributed by atoms with van der Waals surface area (Å²) in [6.45, 7) is 0.922. The molecule has 0 aliphatic carbocycles. The lowest BCUT2D eigenvalue weighted by molar-refractivity contribution is 1.10. The zero-order chi connectivity index (χ0) is 9.54. The highest BCUT2D eigenvalue weighted by Crippen LogP contribution is 2.27. The molecule has 3 heterocycles. The van der Waals surface area contributed by atoms with Gasteiger partial charge in [-0.2, -0.15) is 0 Å². The van der Waals surface area contributed by atoms with E-state index in [0.717, 1.165) is 35.2 Å². The van der Waals surface area contributed by atoms with Crippen LogP contribution in [0, 0.1) is 0 Å². The molecule has 5 heteroatoms. The highest BCUT2D eigenvalue weighted by Gasteiger charge is 2.16. The fraction of sp³-hybridized carbons (Fsp3) is 0.222. The maximum Gasteiger partial charge on any atom is 0.136 e. The molecule has 0 saturated carbocycles. The maximum absolute atomic E-state index is 5.74. The fourth-order valence-corrected chi connectivity index (χ4v) is 1.79. The van der Waals surface area contributed by atoms with Crippen molar-refractivity contribution in [3.8, 4) is 0 Å². The summed E-state index contributed by atoms with van der Waals surface area (Å²) in [4.78, 5) is 12.5. The molecule has 14 heavy (non-hydrogen) atoms. The third kappa shape index (κ3) is 0.863. The van der Waals surface area contributed by atoms with Gasteiger partial charge in [-0.3, -0.25) is 0 Å². The van der Waals surface area contributed by atoms with Crippen LogP contribution in [0.4, 0.5) is 11.6 Å². The normalized spacial score (nSPS) is 14.0. The van der Waals surface area contributed by atoms with Crippen molar-refractivity contribution in [3.05, 3.63) is 18.1 Å². The first-order valence-corrected chi connectivity index (χ1v) is 4.48. The minimum absolute atomic E-state index is 0.497. The molecule has 2 aromatic heterocycles. The van der Waals surface area contributed by atoms with Crippen LogP contribution in [0.25, 0.3) is 10.9 Å². The highest BCUT2D eigenvalue weighted by molar-refractivity contribution is 5.92. The van der Waals surface area contributed by atoms with Gasteiger partial charge >= 0.3 is 0 Å². The number of anilines is 2. The average molecular weight is 187 g/mol. The van der Waals surface area contributed by atoms with Crippen molar-refractivity contribution in [2.24, 2.45) is 0 Å². The van der Waals surface area contributed by atoms with Gasteiger partial charge in [0.25, 0.3) is 0 Å². The molecule has 0 aromatic carbocycles. The minimum Gasteiger partial charge on any atom is -0.383 e. The van der Waals surface area contributed by atoms with E-state index in [9.17, 15) is 0 Å². The van der Waals surface area contributed by atoms with Crippen molar-refractivity contribution in [2.45, 2.75) is 6.42 Å². The Kier molecular flexibility index (Phi) is 1.36. The van der Waals surface area contributed by atoms with Crippen molar-refractivity contribution in [1.29, 1.82) is 0 Å². The van der Waals surface area contributed by atoms with Crippen molar-refractivity contribution in [3.63, 3.8) is 0 Å². The Bertz CT molecular complexity index is 508. The quantitative estimate of drug-likeness (QED) is 0.630. The molecule has 0 saturated heterocycles. The van der Waals surface area contributed by atoms with Crippen LogP contribution in [0.3, 0.4) is 0 Å². The first-order chi connectivity index (χ1) is 6.86. The summed E-state index contributed by atoms with van der Waals surface area (Å²) < 4.78 is 0. The van der Waals surface area contributed by atoms with Crippen molar-refractivity contribution < 1.29 is 0 Å². The van der Waals surface area contributed by atoms with Crippen LogP contribution >= 0.6 is 0 Å². The molecule has 0 spiro atoms. The largest absolute Gasteiger partial charge is 0.383 e. The molecule has 3 rings (SSSR count). The smallest absolute Gasteiger partial charge is 0.136 e. The Morgan fingerprint density at radius 1 is 1.29 bits per heavy atom. The third-order valence-corrected chi connectivity index (χ3v) is 2.48. The highest BCUT2D eigenvalue weighted by atomic mass is 15.0. The lowest BCUT2D eigenvalue weighted by Crippen LogP contribution is -1.96. The Hall–Kier alpha value is -1.91. The summed E-state index contributed by atoms with van der Waals surface area (Å²) in [5.41, 5.74) is 7.81. The van der Waals surface area contributed by atoms with E-state index in [1.807, 2.05) is 0 Å². The molecule has 3 N–H and O–H groups in total. The van der Waals surface area contributed by atoms with E-state index in [1.165, 1.54) is 6.33 Å². The monoisotopic (exact) mass is 187 g/mol. The lowest BCUT2D eigenvalue weighted by atomic mass is 10.1. The molecule has 0 atom stereocenters. The zero-order valence-corrected chi connectivity index (χ0v) is 7.49. The van der Waals surface area contributed by atoms with Crippen molar-refractivity contribution >= 4 is 22.5 Å². The topological polar surface area (TPSA) is 76.7 Å². The summed E-state index contributed by atoms with van der Waals surface area (Å²) in [6.07, 6.45) is 4.17. The standard InChI is InChI=1S/C9H9N5/c10-8-6-3-12-9-5(1-2-11-9)7(6)13-4-14-8/h3-4H,1-2H2,(H,11,12)(H2,10,13,14). The van der Waals surface area contributed by atoms with E-state index in [4.69, 9.17) is 5.73 Å². The van der Waals surface area contributed by atoms with Gasteiger partial charge in [-0.15, -0.1) is 0 Å². The number of nitrogen functional groups attached to an aromatic ring is 1. The maximum atomic E-state index is 5.74. The van der Waals surface area contributed by atoms with E-state index >= 15 is 0 Å². The van der Waals surface area contributed by atoms with Gasteiger partial charge in [0.05, 0.1) is 10.9 Å². The second kappa shape index (κ2) is 2.54. The minimum atomic E-state index is 0.497. The fourth-order valence-electron chi connectivity index (χ4n) is 1.79. The number of hydrogen-bond donors (Lipinski definition) is 2. The molecule has 5 nitrogen and oxygen atoms in total. The van der Waals surface area contributed by atoms with Crippen LogP contribution < -0.4 is 11.1 Å². The molecule has 0 amide bonds. The van der Waals surface area contributed by atoms with Crippen LogP contribution in [0.2, 0.25) is 0 Å². The molecule has 0 unspecified atom stereocenters. The van der Waals surface area contributed by atoms with E-state index in [0.29, 0.717) is 5.82 Å². The predicted molar refractivity (Wildman–Crippen MR) is 53.9 cm³/mol. The van der Waals surface area contributed by atoms with Gasteiger partial charge in [-0.05, 0) is 6.42 Å². The van der Waals surface area contributed by atoms with E-state index in [2.05, 4.69) is 20.3 Å². The average Bonchev–Trinajstić information content (AvgIpc) is 2.66. The second-order valence-electron chi connectivity index (χ2n) is 3.28. The van der Waals surface area contributed by atoms with Gasteiger partial charge < -0.3 is 11.1 Å². The number of nitrogens with two attached hydrogens (primary N) is 1. The summed E-state index contributed by atoms with van der Waals surface area (Å²) in [7, 11) is 0. The van der Waals surface area contributed by atoms with Crippen LogP contribution in [0.1, 0.15) is 5.56 Å². The predicted octanol–water partition coefficient (Wildman–Crippen LogP) is 0.575. The van der Waals surface area contributed by atoms with Gasteiger partial charge in [0.15, 0.2) is 0 Å². The number of nitrogens with zero attached hydrogens (tertiary/aromatic N) is 3. The summed E-state index contributed by atoms with van der Waals surface area (Å²) in [5.74, 6) is 1.42. The van der Waals surface area contributed by atoms with Gasteiger partial charge in [-0.25, -0.2) is 15.0 Å². The van der Waals surface area contributed by atoms with Crippen molar-refractivity contribution in [1.82, 2.24) is 15.0 Å². The number of hydrogen-bond acceptors (Lipinski definition) is 5. The first-order valence-electron chi connectivity index (χ1n) is 4.48. The van der Waals surface area contributed by atoms with Gasteiger partial charge in [0.1, 0.15) is 18.0 Å². The van der Waals surface area contributed by atoms with E-state index in [1.54, 1.807) is 6.20 Å². The summed E-state index contributed by atoms with van der Waals surface area (Å²) in [5, 5.41) is 4.04. The molecular formula is C9H9N5. The molecule has 2 aromatic rings. The summed E-state index contributed by atoms with van der Waals surface area (Å²) in [6, 6.07) is 0. The second-order valence-corrected chi connectivity index (χ2v) is 3.28. The molecular weight excluding hydrogens is 178 g/mol. The van der Waals surface area contributed by atoms with Crippen LogP contribution in [0.15, 0.2) is 12.5 Å². The zero-order valence-electron chi connectivity index (χ0n) is 7.49. The molecule has 0 fully saturated rings. The Morgan fingerprint density at radius 3 is 3.14 bits per heavy atom. The lowest BCUT2D eigenvalue weighted by Gasteiger charge is -2.03. The molecule has 0 radical (unpaired) electrons.